The van der Waals surface area contributed by atoms with E-state index in [4.69, 9.17) is 14.2 Å². The van der Waals surface area contributed by atoms with Gasteiger partial charge in [0.1, 0.15) is 16.4 Å². The Hall–Kier alpha value is -2.13. The van der Waals surface area contributed by atoms with E-state index in [-0.39, 0.29) is 17.5 Å². The number of nitrogens with zero attached hydrogens (tertiary/aromatic N) is 1. The summed E-state index contributed by atoms with van der Waals surface area (Å²) >= 11 is 0. The molecule has 0 radical (unpaired) electrons. The van der Waals surface area contributed by atoms with Gasteiger partial charge in [0.05, 0.1) is 27.4 Å². The third-order valence-electron chi connectivity index (χ3n) is 5.50. The van der Waals surface area contributed by atoms with Crippen LogP contribution in [0.15, 0.2) is 41.3 Å². The minimum absolute atomic E-state index is 0.142. The van der Waals surface area contributed by atoms with Gasteiger partial charge in [-0.25, -0.2) is 13.1 Å². The van der Waals surface area contributed by atoms with Crippen LogP contribution in [0.5, 0.6) is 11.5 Å². The molecule has 1 atom stereocenters. The summed E-state index contributed by atoms with van der Waals surface area (Å²) in [5.41, 5.74) is 2.87. The Labute approximate surface area is 179 Å². The van der Waals surface area contributed by atoms with Crippen molar-refractivity contribution in [1.29, 1.82) is 0 Å². The number of hydrogen-bond acceptors (Lipinski definition) is 6. The van der Waals surface area contributed by atoms with Gasteiger partial charge >= 0.3 is 0 Å². The van der Waals surface area contributed by atoms with Crippen molar-refractivity contribution >= 4 is 10.0 Å². The molecule has 0 aliphatic carbocycles. The topological polar surface area (TPSA) is 77.1 Å². The molecular weight excluding hydrogens is 404 g/mol. The van der Waals surface area contributed by atoms with E-state index >= 15 is 0 Å². The van der Waals surface area contributed by atoms with Gasteiger partial charge in [-0.2, -0.15) is 0 Å². The van der Waals surface area contributed by atoms with Crippen LogP contribution in [-0.2, 0) is 14.8 Å². The van der Waals surface area contributed by atoms with E-state index in [0.29, 0.717) is 19.0 Å². The molecule has 8 heteroatoms. The van der Waals surface area contributed by atoms with Crippen molar-refractivity contribution in [3.63, 3.8) is 0 Å². The van der Waals surface area contributed by atoms with Crippen LogP contribution in [0.1, 0.15) is 22.7 Å². The van der Waals surface area contributed by atoms with E-state index in [9.17, 15) is 8.42 Å². The summed E-state index contributed by atoms with van der Waals surface area (Å²) in [5, 5.41) is 0. The molecule has 1 aliphatic heterocycles. The molecule has 0 unspecified atom stereocenters. The van der Waals surface area contributed by atoms with E-state index in [1.807, 2.05) is 38.1 Å². The van der Waals surface area contributed by atoms with Crippen LogP contribution in [0.2, 0.25) is 0 Å². The van der Waals surface area contributed by atoms with Gasteiger partial charge in [0.15, 0.2) is 0 Å². The van der Waals surface area contributed by atoms with Crippen molar-refractivity contribution in [2.45, 2.75) is 24.8 Å². The lowest BCUT2D eigenvalue weighted by Gasteiger charge is -2.35. The first-order chi connectivity index (χ1) is 14.4. The van der Waals surface area contributed by atoms with Gasteiger partial charge in [-0.3, -0.25) is 4.90 Å². The average molecular weight is 435 g/mol. The molecular formula is C22H30N2O5S. The largest absolute Gasteiger partial charge is 0.497 e. The standard InChI is InChI=1S/C22H30N2O5S/c1-16-12-21(28-4)22(13-17(16)2)30(25,26)23-15-20(24-8-10-29-11-9-24)18-6-5-7-19(14-18)27-3/h5-7,12-14,20,23H,8-11,15H2,1-4H3/t20-/m0/s1. The Balaban J connectivity index is 1.88. The van der Waals surface area contributed by atoms with E-state index in [1.165, 1.54) is 7.11 Å². The van der Waals surface area contributed by atoms with Crippen molar-refractivity contribution in [3.8, 4) is 11.5 Å². The van der Waals surface area contributed by atoms with Crippen molar-refractivity contribution in [3.05, 3.63) is 53.1 Å². The van der Waals surface area contributed by atoms with Crippen LogP contribution >= 0.6 is 0 Å². The van der Waals surface area contributed by atoms with Crippen LogP contribution < -0.4 is 14.2 Å². The summed E-state index contributed by atoms with van der Waals surface area (Å²) in [6, 6.07) is 11.0. The Morgan fingerprint density at radius 1 is 1.07 bits per heavy atom. The summed E-state index contributed by atoms with van der Waals surface area (Å²) in [6.07, 6.45) is 0. The fourth-order valence-electron chi connectivity index (χ4n) is 3.59. The molecule has 164 valence electrons. The summed E-state index contributed by atoms with van der Waals surface area (Å²) < 4.78 is 45.3. The summed E-state index contributed by atoms with van der Waals surface area (Å²) in [7, 11) is -0.659. The van der Waals surface area contributed by atoms with Gasteiger partial charge < -0.3 is 14.2 Å². The van der Waals surface area contributed by atoms with Crippen LogP contribution in [0.4, 0.5) is 0 Å². The summed E-state index contributed by atoms with van der Waals surface area (Å²) in [4.78, 5) is 2.39. The smallest absolute Gasteiger partial charge is 0.244 e. The van der Waals surface area contributed by atoms with Crippen molar-refractivity contribution < 1.29 is 22.6 Å². The van der Waals surface area contributed by atoms with Gasteiger partial charge in [0.2, 0.25) is 10.0 Å². The highest BCUT2D eigenvalue weighted by Gasteiger charge is 2.27. The van der Waals surface area contributed by atoms with E-state index in [2.05, 4.69) is 9.62 Å². The van der Waals surface area contributed by atoms with Crippen LogP contribution in [0.3, 0.4) is 0 Å². The first kappa shape index (κ1) is 22.6. The van der Waals surface area contributed by atoms with E-state index in [1.54, 1.807) is 19.2 Å². The maximum atomic E-state index is 13.2. The summed E-state index contributed by atoms with van der Waals surface area (Å²) in [5.74, 6) is 1.08. The maximum absolute atomic E-state index is 13.2. The molecule has 1 fully saturated rings. The van der Waals surface area contributed by atoms with Crippen molar-refractivity contribution in [2.75, 3.05) is 47.1 Å². The highest BCUT2D eigenvalue weighted by atomic mass is 32.2. The molecule has 0 amide bonds. The van der Waals surface area contributed by atoms with Gasteiger partial charge in [-0.05, 0) is 54.8 Å². The fraction of sp³-hybridized carbons (Fsp3) is 0.455. The Bertz CT molecular complexity index is 971. The van der Waals surface area contributed by atoms with Crippen LogP contribution in [-0.4, -0.2) is 60.4 Å². The minimum Gasteiger partial charge on any atom is -0.497 e. The highest BCUT2D eigenvalue weighted by Crippen LogP contribution is 2.29. The lowest BCUT2D eigenvalue weighted by atomic mass is 10.0. The lowest BCUT2D eigenvalue weighted by Crippen LogP contribution is -2.43. The molecule has 1 N–H and O–H groups in total. The molecule has 7 nitrogen and oxygen atoms in total. The fourth-order valence-corrected chi connectivity index (χ4v) is 4.87. The highest BCUT2D eigenvalue weighted by molar-refractivity contribution is 7.89. The number of hydrogen-bond donors (Lipinski definition) is 1. The lowest BCUT2D eigenvalue weighted by molar-refractivity contribution is 0.0171. The second-order valence-corrected chi connectivity index (χ2v) is 9.12. The molecule has 2 aromatic carbocycles. The Morgan fingerprint density at radius 2 is 1.77 bits per heavy atom. The normalized spacial score (nSPS) is 16.3. The number of benzene rings is 2. The van der Waals surface area contributed by atoms with Gasteiger partial charge in [-0.15, -0.1) is 0 Å². The molecule has 0 aromatic heterocycles. The SMILES string of the molecule is COc1cccc([C@H](CNS(=O)(=O)c2cc(C)c(C)cc2OC)N2CCOCC2)c1. The summed E-state index contributed by atoms with van der Waals surface area (Å²) in [6.45, 7) is 6.76. The molecule has 0 saturated carbocycles. The van der Waals surface area contributed by atoms with Crippen molar-refractivity contribution in [2.24, 2.45) is 0 Å². The maximum Gasteiger partial charge on any atom is 0.244 e. The minimum atomic E-state index is -3.76. The molecule has 0 spiro atoms. The number of rotatable bonds is 8. The molecule has 30 heavy (non-hydrogen) atoms. The first-order valence-electron chi connectivity index (χ1n) is 9.96. The second-order valence-electron chi connectivity index (χ2n) is 7.38. The predicted octanol–water partition coefficient (Wildman–Crippen LogP) is 2.67. The molecule has 1 heterocycles. The number of morpholine rings is 1. The van der Waals surface area contributed by atoms with Gasteiger partial charge in [0.25, 0.3) is 0 Å². The zero-order valence-corrected chi connectivity index (χ0v) is 18.8. The number of aryl methyl sites for hydroxylation is 2. The Kier molecular flexibility index (Phi) is 7.36. The predicted molar refractivity (Wildman–Crippen MR) is 116 cm³/mol. The molecule has 0 bridgehead atoms. The number of nitrogens with one attached hydrogen (secondary N) is 1. The third-order valence-corrected chi connectivity index (χ3v) is 6.95. The number of methoxy groups -OCH3 is 2. The number of ether oxygens (including phenoxy) is 3. The van der Waals surface area contributed by atoms with Gasteiger partial charge in [0, 0.05) is 25.7 Å². The van der Waals surface area contributed by atoms with E-state index in [0.717, 1.165) is 35.5 Å². The van der Waals surface area contributed by atoms with Crippen molar-refractivity contribution in [1.82, 2.24) is 9.62 Å². The van der Waals surface area contributed by atoms with Gasteiger partial charge in [-0.1, -0.05) is 12.1 Å². The third kappa shape index (κ3) is 5.13. The molecule has 3 rings (SSSR count). The molecule has 2 aromatic rings. The zero-order chi connectivity index (χ0) is 21.7. The molecule has 1 aliphatic rings. The molecule has 1 saturated heterocycles. The number of sulfonamides is 1. The average Bonchev–Trinajstić information content (AvgIpc) is 2.76. The zero-order valence-electron chi connectivity index (χ0n) is 18.0. The Morgan fingerprint density at radius 3 is 2.43 bits per heavy atom. The monoisotopic (exact) mass is 434 g/mol. The first-order valence-corrected chi connectivity index (χ1v) is 11.4. The second kappa shape index (κ2) is 9.78. The van der Waals surface area contributed by atoms with Crippen LogP contribution in [0.25, 0.3) is 0 Å². The van der Waals surface area contributed by atoms with Crippen LogP contribution in [0, 0.1) is 13.8 Å². The van der Waals surface area contributed by atoms with E-state index < -0.39 is 10.0 Å². The quantitative estimate of drug-likeness (QED) is 0.688.